The van der Waals surface area contributed by atoms with E-state index >= 15 is 0 Å². The van der Waals surface area contributed by atoms with Crippen LogP contribution < -0.4 is 5.32 Å². The van der Waals surface area contributed by atoms with Crippen LogP contribution in [0.4, 0.5) is 0 Å². The van der Waals surface area contributed by atoms with Crippen LogP contribution in [0.1, 0.15) is 42.8 Å². The summed E-state index contributed by atoms with van der Waals surface area (Å²) in [5.74, 6) is 0.623. The van der Waals surface area contributed by atoms with Crippen molar-refractivity contribution in [3.05, 3.63) is 17.4 Å². The first-order valence-corrected chi connectivity index (χ1v) is 8.09. The fourth-order valence-corrected chi connectivity index (χ4v) is 2.50. The third-order valence-electron chi connectivity index (χ3n) is 3.20. The quantitative estimate of drug-likeness (QED) is 0.785. The van der Waals surface area contributed by atoms with Gasteiger partial charge in [-0.05, 0) is 60.5 Å². The minimum atomic E-state index is -0.212. The minimum absolute atomic E-state index is 0.0543. The van der Waals surface area contributed by atoms with Crippen molar-refractivity contribution in [2.45, 2.75) is 44.2 Å². The van der Waals surface area contributed by atoms with E-state index in [-0.39, 0.29) is 11.4 Å². The number of carbonyl (C=O) groups is 1. The van der Waals surface area contributed by atoms with Gasteiger partial charge in [0.15, 0.2) is 5.09 Å². The monoisotopic (exact) mass is 298 g/mol. The summed E-state index contributed by atoms with van der Waals surface area (Å²) in [6.07, 6.45) is 3.94. The van der Waals surface area contributed by atoms with Crippen LogP contribution in [0.2, 0.25) is 0 Å². The Labute approximate surface area is 126 Å². The third-order valence-corrected chi connectivity index (χ3v) is 3.80. The number of nitrogens with one attached hydrogen (secondary N) is 1. The normalized spacial score (nSPS) is 11.9. The molecule has 5 heteroatoms. The van der Waals surface area contributed by atoms with E-state index < -0.39 is 0 Å². The standard InChI is InChI=1S/C15H26N2O2S/c1-11-12(10-13(19-11)20-6)14(18)16-15(2,3)8-7-9-17(4)5/h10H,7-9H2,1-6H3,(H,16,18). The highest BCUT2D eigenvalue weighted by atomic mass is 32.2. The average molecular weight is 298 g/mol. The van der Waals surface area contributed by atoms with Gasteiger partial charge in [0.25, 0.3) is 5.91 Å². The number of amides is 1. The van der Waals surface area contributed by atoms with E-state index in [1.54, 1.807) is 0 Å². The zero-order valence-electron chi connectivity index (χ0n) is 13.4. The molecule has 114 valence electrons. The molecule has 0 fully saturated rings. The molecule has 0 radical (unpaired) electrons. The summed E-state index contributed by atoms with van der Waals surface area (Å²) in [5.41, 5.74) is 0.422. The Morgan fingerprint density at radius 2 is 2.10 bits per heavy atom. The van der Waals surface area contributed by atoms with Gasteiger partial charge in [-0.3, -0.25) is 4.79 Å². The fraction of sp³-hybridized carbons (Fsp3) is 0.667. The van der Waals surface area contributed by atoms with Gasteiger partial charge in [0.2, 0.25) is 0 Å². The molecule has 1 aromatic heterocycles. The molecule has 0 aliphatic heterocycles. The Morgan fingerprint density at radius 1 is 1.45 bits per heavy atom. The number of nitrogens with zero attached hydrogens (tertiary/aromatic N) is 1. The molecule has 1 N–H and O–H groups in total. The Balaban J connectivity index is 2.61. The van der Waals surface area contributed by atoms with Crippen LogP contribution in [-0.4, -0.2) is 43.2 Å². The van der Waals surface area contributed by atoms with Crippen molar-refractivity contribution in [2.75, 3.05) is 26.9 Å². The van der Waals surface area contributed by atoms with Gasteiger partial charge >= 0.3 is 0 Å². The average Bonchev–Trinajstić information content (AvgIpc) is 2.69. The van der Waals surface area contributed by atoms with Crippen molar-refractivity contribution in [3.63, 3.8) is 0 Å². The van der Waals surface area contributed by atoms with Gasteiger partial charge in [-0.25, -0.2) is 0 Å². The maximum Gasteiger partial charge on any atom is 0.255 e. The van der Waals surface area contributed by atoms with E-state index in [9.17, 15) is 4.79 Å². The molecule has 0 saturated heterocycles. The predicted octanol–water partition coefficient (Wildman–Crippen LogP) is 3.16. The van der Waals surface area contributed by atoms with Gasteiger partial charge in [0, 0.05) is 11.6 Å². The highest BCUT2D eigenvalue weighted by Gasteiger charge is 2.23. The van der Waals surface area contributed by atoms with Gasteiger partial charge in [-0.15, -0.1) is 0 Å². The van der Waals surface area contributed by atoms with E-state index in [1.165, 1.54) is 11.8 Å². The van der Waals surface area contributed by atoms with Crippen molar-refractivity contribution >= 4 is 17.7 Å². The Hall–Kier alpha value is -0.940. The molecule has 0 bridgehead atoms. The van der Waals surface area contributed by atoms with Gasteiger partial charge in [-0.2, -0.15) is 0 Å². The van der Waals surface area contributed by atoms with Crippen LogP contribution >= 0.6 is 11.8 Å². The number of carbonyl (C=O) groups excluding carboxylic acids is 1. The molecule has 0 aromatic carbocycles. The summed E-state index contributed by atoms with van der Waals surface area (Å²) in [5, 5.41) is 3.87. The summed E-state index contributed by atoms with van der Waals surface area (Å²) in [7, 11) is 4.12. The molecule has 0 spiro atoms. The highest BCUT2D eigenvalue weighted by Crippen LogP contribution is 2.23. The molecule has 1 rings (SSSR count). The highest BCUT2D eigenvalue weighted by molar-refractivity contribution is 7.98. The first-order chi connectivity index (χ1) is 9.25. The molecule has 1 heterocycles. The lowest BCUT2D eigenvalue weighted by molar-refractivity contribution is 0.0906. The van der Waals surface area contributed by atoms with Crippen LogP contribution in [0.3, 0.4) is 0 Å². The first kappa shape index (κ1) is 17.1. The molecule has 0 unspecified atom stereocenters. The van der Waals surface area contributed by atoms with Crippen molar-refractivity contribution in [2.24, 2.45) is 0 Å². The minimum Gasteiger partial charge on any atom is -0.454 e. The topological polar surface area (TPSA) is 45.5 Å². The second kappa shape index (κ2) is 7.18. The number of thioether (sulfide) groups is 1. The van der Waals surface area contributed by atoms with Gasteiger partial charge in [-0.1, -0.05) is 11.8 Å². The number of furan rings is 1. The van der Waals surface area contributed by atoms with Crippen LogP contribution in [0, 0.1) is 6.92 Å². The first-order valence-electron chi connectivity index (χ1n) is 6.87. The second-order valence-corrected chi connectivity index (χ2v) is 6.79. The summed E-state index contributed by atoms with van der Waals surface area (Å²) in [4.78, 5) is 14.5. The van der Waals surface area contributed by atoms with Crippen molar-refractivity contribution in [3.8, 4) is 0 Å². The van der Waals surface area contributed by atoms with E-state index in [0.717, 1.165) is 24.5 Å². The van der Waals surface area contributed by atoms with E-state index in [1.807, 2.05) is 19.2 Å². The lowest BCUT2D eigenvalue weighted by Crippen LogP contribution is -2.43. The van der Waals surface area contributed by atoms with Crippen molar-refractivity contribution in [1.82, 2.24) is 10.2 Å². The lowest BCUT2D eigenvalue weighted by atomic mass is 9.97. The zero-order chi connectivity index (χ0) is 15.3. The Bertz CT molecular complexity index is 453. The molecule has 0 aliphatic rings. The number of aryl methyl sites for hydroxylation is 1. The molecule has 1 amide bonds. The van der Waals surface area contributed by atoms with E-state index in [2.05, 4.69) is 38.2 Å². The Morgan fingerprint density at radius 3 is 2.60 bits per heavy atom. The largest absolute Gasteiger partial charge is 0.454 e. The van der Waals surface area contributed by atoms with Crippen molar-refractivity contribution in [1.29, 1.82) is 0 Å². The predicted molar refractivity (Wildman–Crippen MR) is 84.6 cm³/mol. The molecule has 1 aromatic rings. The van der Waals surface area contributed by atoms with Crippen LogP contribution in [-0.2, 0) is 0 Å². The molecule has 0 atom stereocenters. The Kier molecular flexibility index (Phi) is 6.14. The van der Waals surface area contributed by atoms with E-state index in [0.29, 0.717) is 11.3 Å². The van der Waals surface area contributed by atoms with Gasteiger partial charge < -0.3 is 14.6 Å². The zero-order valence-corrected chi connectivity index (χ0v) is 14.2. The van der Waals surface area contributed by atoms with Crippen molar-refractivity contribution < 1.29 is 9.21 Å². The molecule has 20 heavy (non-hydrogen) atoms. The molecule has 0 aliphatic carbocycles. The van der Waals surface area contributed by atoms with E-state index in [4.69, 9.17) is 4.42 Å². The van der Waals surface area contributed by atoms with Crippen LogP contribution in [0.25, 0.3) is 0 Å². The molecular formula is C15H26N2O2S. The van der Waals surface area contributed by atoms with Crippen LogP contribution in [0.15, 0.2) is 15.6 Å². The maximum atomic E-state index is 12.3. The molecule has 4 nitrogen and oxygen atoms in total. The van der Waals surface area contributed by atoms with Gasteiger partial charge in [0.05, 0.1) is 5.56 Å². The van der Waals surface area contributed by atoms with Gasteiger partial charge in [0.1, 0.15) is 5.76 Å². The maximum absolute atomic E-state index is 12.3. The summed E-state index contributed by atoms with van der Waals surface area (Å²) >= 11 is 1.50. The SMILES string of the molecule is CSc1cc(C(=O)NC(C)(C)CCCN(C)C)c(C)o1. The number of hydrogen-bond donors (Lipinski definition) is 1. The fourth-order valence-electron chi connectivity index (χ4n) is 2.06. The number of hydrogen-bond acceptors (Lipinski definition) is 4. The smallest absolute Gasteiger partial charge is 0.255 e. The lowest BCUT2D eigenvalue weighted by Gasteiger charge is -2.26. The molecule has 0 saturated carbocycles. The third kappa shape index (κ3) is 5.21. The summed E-state index contributed by atoms with van der Waals surface area (Å²) in [6, 6.07) is 1.81. The number of rotatable bonds is 7. The van der Waals surface area contributed by atoms with Crippen LogP contribution in [0.5, 0.6) is 0 Å². The second-order valence-electron chi connectivity index (χ2n) is 5.98. The summed E-state index contributed by atoms with van der Waals surface area (Å²) < 4.78 is 5.51. The summed E-state index contributed by atoms with van der Waals surface area (Å²) in [6.45, 7) is 6.98. The molecular weight excluding hydrogens is 272 g/mol.